The predicted molar refractivity (Wildman–Crippen MR) is 74.6 cm³/mol. The smallest absolute Gasteiger partial charge is 0.245 e. The Kier molecular flexibility index (Phi) is 3.29. The molecule has 3 rings (SSSR count). The molecule has 94 valence electrons. The van der Waals surface area contributed by atoms with Gasteiger partial charge in [0.15, 0.2) is 5.82 Å². The number of anilines is 1. The summed E-state index contributed by atoms with van der Waals surface area (Å²) in [6.45, 7) is 3.89. The molecule has 0 atom stereocenters. The summed E-state index contributed by atoms with van der Waals surface area (Å²) in [6.07, 6.45) is 0. The molecule has 0 aliphatic carbocycles. The van der Waals surface area contributed by atoms with Crippen molar-refractivity contribution < 1.29 is 0 Å². The van der Waals surface area contributed by atoms with E-state index in [1.807, 2.05) is 24.3 Å². The van der Waals surface area contributed by atoms with Crippen LogP contribution < -0.4 is 10.2 Å². The summed E-state index contributed by atoms with van der Waals surface area (Å²) in [4.78, 5) is 6.74. The SMILES string of the molecule is Brc1ccc(-c2nc(N3CCNCC3)n[nH]2)cc1. The van der Waals surface area contributed by atoms with Gasteiger partial charge in [0.25, 0.3) is 0 Å². The van der Waals surface area contributed by atoms with Gasteiger partial charge < -0.3 is 10.2 Å². The second-order valence-corrected chi connectivity index (χ2v) is 5.14. The maximum Gasteiger partial charge on any atom is 0.245 e. The molecule has 1 aromatic carbocycles. The summed E-state index contributed by atoms with van der Waals surface area (Å²) in [5, 5.41) is 10.6. The average Bonchev–Trinajstić information content (AvgIpc) is 2.90. The molecule has 0 radical (unpaired) electrons. The molecule has 1 aromatic heterocycles. The van der Waals surface area contributed by atoms with Crippen LogP contribution in [0.2, 0.25) is 0 Å². The lowest BCUT2D eigenvalue weighted by molar-refractivity contribution is 0.580. The monoisotopic (exact) mass is 307 g/mol. The van der Waals surface area contributed by atoms with E-state index in [9.17, 15) is 0 Å². The molecule has 0 bridgehead atoms. The highest BCUT2D eigenvalue weighted by molar-refractivity contribution is 9.10. The molecular formula is C12H14BrN5. The molecule has 2 N–H and O–H groups in total. The first-order chi connectivity index (χ1) is 8.83. The molecular weight excluding hydrogens is 294 g/mol. The minimum absolute atomic E-state index is 0.786. The molecule has 1 saturated heterocycles. The highest BCUT2D eigenvalue weighted by atomic mass is 79.9. The number of halogens is 1. The highest BCUT2D eigenvalue weighted by Gasteiger charge is 2.15. The summed E-state index contributed by atoms with van der Waals surface area (Å²) >= 11 is 3.42. The number of hydrogen-bond acceptors (Lipinski definition) is 4. The number of aromatic amines is 1. The van der Waals surface area contributed by atoms with Gasteiger partial charge in [0.2, 0.25) is 5.95 Å². The van der Waals surface area contributed by atoms with E-state index >= 15 is 0 Å². The van der Waals surface area contributed by atoms with Gasteiger partial charge in [-0.25, -0.2) is 0 Å². The van der Waals surface area contributed by atoms with E-state index in [2.05, 4.69) is 41.3 Å². The molecule has 2 aromatic rings. The van der Waals surface area contributed by atoms with Crippen LogP contribution >= 0.6 is 15.9 Å². The zero-order chi connectivity index (χ0) is 12.4. The number of aromatic nitrogens is 3. The summed E-state index contributed by atoms with van der Waals surface area (Å²) in [5.74, 6) is 1.60. The van der Waals surface area contributed by atoms with Gasteiger partial charge in [-0.1, -0.05) is 28.1 Å². The number of H-pyrrole nitrogens is 1. The van der Waals surface area contributed by atoms with Crippen molar-refractivity contribution in [2.24, 2.45) is 0 Å². The van der Waals surface area contributed by atoms with Crippen molar-refractivity contribution in [1.29, 1.82) is 0 Å². The molecule has 6 heteroatoms. The van der Waals surface area contributed by atoms with Gasteiger partial charge in [-0.3, -0.25) is 5.10 Å². The van der Waals surface area contributed by atoms with Crippen LogP contribution in [0.4, 0.5) is 5.95 Å². The number of hydrogen-bond donors (Lipinski definition) is 2. The number of nitrogens with zero attached hydrogens (tertiary/aromatic N) is 3. The molecule has 1 aliphatic heterocycles. The highest BCUT2D eigenvalue weighted by Crippen LogP contribution is 2.20. The van der Waals surface area contributed by atoms with Crippen molar-refractivity contribution in [2.75, 3.05) is 31.1 Å². The summed E-state index contributed by atoms with van der Waals surface area (Å²) in [7, 11) is 0. The maximum absolute atomic E-state index is 4.55. The van der Waals surface area contributed by atoms with E-state index in [0.717, 1.165) is 48.0 Å². The Morgan fingerprint density at radius 1 is 1.11 bits per heavy atom. The average molecular weight is 308 g/mol. The lowest BCUT2D eigenvalue weighted by Crippen LogP contribution is -2.44. The predicted octanol–water partition coefficient (Wildman–Crippen LogP) is 1.64. The fourth-order valence-electron chi connectivity index (χ4n) is 2.00. The van der Waals surface area contributed by atoms with Crippen LogP contribution in [0.3, 0.4) is 0 Å². The van der Waals surface area contributed by atoms with Crippen molar-refractivity contribution >= 4 is 21.9 Å². The van der Waals surface area contributed by atoms with Crippen molar-refractivity contribution in [3.05, 3.63) is 28.7 Å². The first-order valence-corrected chi connectivity index (χ1v) is 6.76. The lowest BCUT2D eigenvalue weighted by atomic mass is 10.2. The largest absolute Gasteiger partial charge is 0.337 e. The number of benzene rings is 1. The zero-order valence-electron chi connectivity index (χ0n) is 9.86. The summed E-state index contributed by atoms with van der Waals surface area (Å²) in [5.41, 5.74) is 1.05. The maximum atomic E-state index is 4.55. The van der Waals surface area contributed by atoms with Gasteiger partial charge in [-0.05, 0) is 12.1 Å². The third-order valence-corrected chi connectivity index (χ3v) is 3.52. The van der Waals surface area contributed by atoms with E-state index in [4.69, 9.17) is 0 Å². The van der Waals surface area contributed by atoms with Crippen LogP contribution in [0.1, 0.15) is 0 Å². The Labute approximate surface area is 114 Å². The molecule has 0 saturated carbocycles. The fraction of sp³-hybridized carbons (Fsp3) is 0.333. The normalized spacial score (nSPS) is 15.9. The third-order valence-electron chi connectivity index (χ3n) is 2.99. The number of piperazine rings is 1. The van der Waals surface area contributed by atoms with Gasteiger partial charge in [0.1, 0.15) is 0 Å². The fourth-order valence-corrected chi connectivity index (χ4v) is 2.26. The Balaban J connectivity index is 1.82. The van der Waals surface area contributed by atoms with Crippen LogP contribution in [0.25, 0.3) is 11.4 Å². The van der Waals surface area contributed by atoms with E-state index < -0.39 is 0 Å². The van der Waals surface area contributed by atoms with Crippen molar-refractivity contribution in [2.45, 2.75) is 0 Å². The first kappa shape index (κ1) is 11.7. The second kappa shape index (κ2) is 5.07. The molecule has 0 amide bonds. The Hall–Kier alpha value is -1.40. The van der Waals surface area contributed by atoms with Crippen LogP contribution in [-0.2, 0) is 0 Å². The van der Waals surface area contributed by atoms with E-state index in [-0.39, 0.29) is 0 Å². The molecule has 0 unspecified atom stereocenters. The topological polar surface area (TPSA) is 56.8 Å². The van der Waals surface area contributed by atoms with E-state index in [1.165, 1.54) is 0 Å². The van der Waals surface area contributed by atoms with Crippen molar-refractivity contribution in [3.63, 3.8) is 0 Å². The number of rotatable bonds is 2. The Bertz CT molecular complexity index is 516. The molecule has 0 spiro atoms. The summed E-state index contributed by atoms with van der Waals surface area (Å²) < 4.78 is 1.06. The lowest BCUT2D eigenvalue weighted by Gasteiger charge is -2.25. The molecule has 2 heterocycles. The first-order valence-electron chi connectivity index (χ1n) is 5.97. The molecule has 18 heavy (non-hydrogen) atoms. The van der Waals surface area contributed by atoms with Gasteiger partial charge >= 0.3 is 0 Å². The van der Waals surface area contributed by atoms with Crippen molar-refractivity contribution in [1.82, 2.24) is 20.5 Å². The minimum Gasteiger partial charge on any atom is -0.337 e. The molecule has 1 aliphatic rings. The second-order valence-electron chi connectivity index (χ2n) is 4.23. The summed E-state index contributed by atoms with van der Waals surface area (Å²) in [6, 6.07) is 8.04. The number of nitrogens with one attached hydrogen (secondary N) is 2. The standard InChI is InChI=1S/C12H14BrN5/c13-10-3-1-9(2-4-10)11-15-12(17-16-11)18-7-5-14-6-8-18/h1-4,14H,5-8H2,(H,15,16,17). The van der Waals surface area contributed by atoms with Crippen LogP contribution in [0.15, 0.2) is 28.7 Å². The third kappa shape index (κ3) is 2.39. The Morgan fingerprint density at radius 2 is 1.83 bits per heavy atom. The molecule has 1 fully saturated rings. The van der Waals surface area contributed by atoms with Crippen LogP contribution in [0, 0.1) is 0 Å². The van der Waals surface area contributed by atoms with Gasteiger partial charge in [0, 0.05) is 36.2 Å². The van der Waals surface area contributed by atoms with E-state index in [1.54, 1.807) is 0 Å². The molecule has 5 nitrogen and oxygen atoms in total. The van der Waals surface area contributed by atoms with E-state index in [0.29, 0.717) is 0 Å². The van der Waals surface area contributed by atoms with Gasteiger partial charge in [-0.2, -0.15) is 4.98 Å². The quantitative estimate of drug-likeness (QED) is 0.886. The van der Waals surface area contributed by atoms with Crippen LogP contribution in [0.5, 0.6) is 0 Å². The van der Waals surface area contributed by atoms with Crippen molar-refractivity contribution in [3.8, 4) is 11.4 Å². The van der Waals surface area contributed by atoms with Gasteiger partial charge in [0.05, 0.1) is 0 Å². The van der Waals surface area contributed by atoms with Crippen LogP contribution in [-0.4, -0.2) is 41.4 Å². The zero-order valence-corrected chi connectivity index (χ0v) is 11.4. The van der Waals surface area contributed by atoms with Gasteiger partial charge in [-0.15, -0.1) is 5.10 Å². The Morgan fingerprint density at radius 3 is 2.56 bits per heavy atom. The minimum atomic E-state index is 0.786.